The molecule has 0 amide bonds. The molecular weight excluding hydrogens is 516 g/mol. The number of carboxylic acids is 1. The molecule has 2 aromatic carbocycles. The van der Waals surface area contributed by atoms with Crippen LogP contribution in [0.15, 0.2) is 42.5 Å². The third-order valence-electron chi connectivity index (χ3n) is 8.74. The van der Waals surface area contributed by atoms with Crippen LogP contribution < -0.4 is 5.32 Å². The highest BCUT2D eigenvalue weighted by Gasteiger charge is 2.29. The van der Waals surface area contributed by atoms with Crippen molar-refractivity contribution in [3.63, 3.8) is 0 Å². The number of carboxylic acid groups (broad SMARTS) is 1. The molecule has 6 nitrogen and oxygen atoms in total. The maximum Gasteiger partial charge on any atom is 0.335 e. The Morgan fingerprint density at radius 2 is 1.80 bits per heavy atom. The van der Waals surface area contributed by atoms with Gasteiger partial charge in [0.15, 0.2) is 0 Å². The number of nitrogens with zero attached hydrogens (tertiary/aromatic N) is 3. The number of carbonyl (C=O) groups is 1. The Balaban J connectivity index is 1.49. The van der Waals surface area contributed by atoms with Crippen molar-refractivity contribution in [1.82, 2.24) is 14.5 Å². The molecule has 0 spiro atoms. The maximum absolute atomic E-state index is 12.0. The summed E-state index contributed by atoms with van der Waals surface area (Å²) in [6, 6.07) is 14.5. The Morgan fingerprint density at radius 1 is 0.975 bits per heavy atom. The Hall–Kier alpha value is -3.71. The number of nitrogens with one attached hydrogen (secondary N) is 1. The summed E-state index contributed by atoms with van der Waals surface area (Å²) in [6.07, 6.45) is 8.22. The number of hydrogen-bond acceptors (Lipinski definition) is 5. The third kappa shape index (κ3) is 4.19. The normalized spacial score (nSPS) is 16.1. The van der Waals surface area contributed by atoms with Gasteiger partial charge in [0.1, 0.15) is 0 Å². The second kappa shape index (κ2) is 10.0. The zero-order valence-electron chi connectivity index (χ0n) is 23.1. The molecule has 1 aliphatic carbocycles. The third-order valence-corrected chi connectivity index (χ3v) is 9.83. The maximum atomic E-state index is 12.0. The molecule has 7 rings (SSSR count). The van der Waals surface area contributed by atoms with Crippen LogP contribution in [0.5, 0.6) is 0 Å². The van der Waals surface area contributed by atoms with Crippen LogP contribution in [0, 0.1) is 13.8 Å². The van der Waals surface area contributed by atoms with Crippen molar-refractivity contribution in [2.45, 2.75) is 71.3 Å². The summed E-state index contributed by atoms with van der Waals surface area (Å²) < 4.78 is 2.43. The number of aromatic carboxylic acids is 1. The van der Waals surface area contributed by atoms with Gasteiger partial charge in [-0.05, 0) is 87.4 Å². The molecule has 1 saturated carbocycles. The van der Waals surface area contributed by atoms with Crippen molar-refractivity contribution in [2.24, 2.45) is 0 Å². The Morgan fingerprint density at radius 3 is 2.58 bits per heavy atom. The fraction of sp³-hybridized carbons (Fsp3) is 0.364. The Bertz CT molecular complexity index is 1780. The molecular formula is C33H34N4O2S. The molecule has 0 bridgehead atoms. The predicted molar refractivity (Wildman–Crippen MR) is 164 cm³/mol. The number of rotatable bonds is 3. The van der Waals surface area contributed by atoms with Crippen molar-refractivity contribution < 1.29 is 9.90 Å². The molecule has 40 heavy (non-hydrogen) atoms. The van der Waals surface area contributed by atoms with Crippen molar-refractivity contribution in [1.29, 1.82) is 0 Å². The number of hydrogen-bond donors (Lipinski definition) is 2. The zero-order valence-corrected chi connectivity index (χ0v) is 23.9. The van der Waals surface area contributed by atoms with Crippen molar-refractivity contribution >= 4 is 44.8 Å². The van der Waals surface area contributed by atoms with E-state index >= 15 is 0 Å². The van der Waals surface area contributed by atoms with Crippen LogP contribution in [0.2, 0.25) is 0 Å². The number of anilines is 1. The van der Waals surface area contributed by atoms with E-state index in [1.165, 1.54) is 54.3 Å². The van der Waals surface area contributed by atoms with Crippen LogP contribution in [-0.2, 0) is 6.54 Å². The lowest BCUT2D eigenvalue weighted by molar-refractivity contribution is 0.0697. The van der Waals surface area contributed by atoms with Gasteiger partial charge in [-0.1, -0.05) is 25.3 Å². The summed E-state index contributed by atoms with van der Waals surface area (Å²) in [5.41, 5.74) is 9.36. The summed E-state index contributed by atoms with van der Waals surface area (Å²) in [5.74, 6) is -0.397. The molecule has 1 aliphatic heterocycles. The minimum Gasteiger partial charge on any atom is -0.478 e. The van der Waals surface area contributed by atoms with Crippen LogP contribution in [-0.4, -0.2) is 32.2 Å². The number of benzene rings is 2. The number of aromatic nitrogens is 3. The second-order valence-electron chi connectivity index (χ2n) is 11.3. The summed E-state index contributed by atoms with van der Waals surface area (Å²) >= 11 is 1.69. The zero-order chi connectivity index (χ0) is 27.4. The summed E-state index contributed by atoms with van der Waals surface area (Å²) in [7, 11) is 0. The standard InChI is InChI=1S/C33H34N4O2S/c1-19-32(40-20(2)35-19)27-15-12-23-26(36-27)14-13-25-30(23)34-16-6-7-17-37-28-18-22(33(38)39)10-11-24(28)29(31(25)37)21-8-4-3-5-9-21/h10-15,18,21,34H,3-9,16-17H2,1-2H3,(H,38,39). The van der Waals surface area contributed by atoms with E-state index in [0.717, 1.165) is 69.3 Å². The highest BCUT2D eigenvalue weighted by Crippen LogP contribution is 2.47. The molecule has 3 aromatic heterocycles. The van der Waals surface area contributed by atoms with Gasteiger partial charge in [-0.2, -0.15) is 0 Å². The minimum atomic E-state index is -0.874. The van der Waals surface area contributed by atoms with Gasteiger partial charge in [-0.15, -0.1) is 11.3 Å². The van der Waals surface area contributed by atoms with E-state index in [1.54, 1.807) is 17.4 Å². The van der Waals surface area contributed by atoms with E-state index in [-0.39, 0.29) is 0 Å². The molecule has 204 valence electrons. The first kappa shape index (κ1) is 25.3. The first-order chi connectivity index (χ1) is 19.5. The van der Waals surface area contributed by atoms with E-state index < -0.39 is 5.97 Å². The topological polar surface area (TPSA) is 80.0 Å². The highest BCUT2D eigenvalue weighted by atomic mass is 32.1. The summed E-state index contributed by atoms with van der Waals surface area (Å²) in [5, 5.41) is 17.0. The summed E-state index contributed by atoms with van der Waals surface area (Å²) in [6.45, 7) is 5.86. The molecule has 0 radical (unpaired) electrons. The van der Waals surface area contributed by atoms with Crippen LogP contribution in [0.4, 0.5) is 5.69 Å². The molecule has 2 N–H and O–H groups in total. The van der Waals surface area contributed by atoms with Crippen LogP contribution in [0.25, 0.3) is 43.6 Å². The number of fused-ring (bicyclic) bond motifs is 7. The molecule has 1 fully saturated rings. The number of thiazole rings is 1. The lowest BCUT2D eigenvalue weighted by Crippen LogP contribution is -2.08. The lowest BCUT2D eigenvalue weighted by atomic mass is 9.81. The smallest absolute Gasteiger partial charge is 0.335 e. The molecule has 0 atom stereocenters. The first-order valence-electron chi connectivity index (χ1n) is 14.5. The van der Waals surface area contributed by atoms with Gasteiger partial charge < -0.3 is 15.0 Å². The van der Waals surface area contributed by atoms with Gasteiger partial charge in [-0.3, -0.25) is 0 Å². The largest absolute Gasteiger partial charge is 0.478 e. The molecule has 5 aromatic rings. The number of aryl methyl sites for hydroxylation is 3. The Labute approximate surface area is 238 Å². The van der Waals surface area contributed by atoms with E-state index in [1.807, 2.05) is 13.0 Å². The van der Waals surface area contributed by atoms with E-state index in [2.05, 4.69) is 52.1 Å². The van der Waals surface area contributed by atoms with Crippen molar-refractivity contribution in [3.05, 3.63) is 64.3 Å². The first-order valence-corrected chi connectivity index (χ1v) is 15.3. The van der Waals surface area contributed by atoms with Crippen molar-refractivity contribution in [3.8, 4) is 21.8 Å². The molecule has 0 unspecified atom stereocenters. The molecule has 7 heteroatoms. The predicted octanol–water partition coefficient (Wildman–Crippen LogP) is 8.55. The average molecular weight is 551 g/mol. The number of pyridine rings is 1. The van der Waals surface area contributed by atoms with Gasteiger partial charge in [-0.25, -0.2) is 14.8 Å². The van der Waals surface area contributed by atoms with E-state index in [4.69, 9.17) is 4.98 Å². The molecule has 2 aliphatic rings. The average Bonchev–Trinajstić information content (AvgIpc) is 3.50. The molecule has 4 heterocycles. The van der Waals surface area contributed by atoms with E-state index in [9.17, 15) is 9.90 Å². The fourth-order valence-corrected chi connectivity index (χ4v) is 7.82. The van der Waals surface area contributed by atoms with Crippen LogP contribution in [0.1, 0.15) is 77.5 Å². The molecule has 0 saturated heterocycles. The van der Waals surface area contributed by atoms with Crippen LogP contribution >= 0.6 is 11.3 Å². The quantitative estimate of drug-likeness (QED) is 0.235. The van der Waals surface area contributed by atoms with Gasteiger partial charge >= 0.3 is 5.97 Å². The monoisotopic (exact) mass is 550 g/mol. The summed E-state index contributed by atoms with van der Waals surface area (Å²) in [4.78, 5) is 22.8. The van der Waals surface area contributed by atoms with Gasteiger partial charge in [0.2, 0.25) is 0 Å². The van der Waals surface area contributed by atoms with Crippen LogP contribution in [0.3, 0.4) is 0 Å². The van der Waals surface area contributed by atoms with Gasteiger partial charge in [0.05, 0.1) is 43.7 Å². The van der Waals surface area contributed by atoms with Gasteiger partial charge in [0, 0.05) is 34.9 Å². The lowest BCUT2D eigenvalue weighted by Gasteiger charge is -2.24. The van der Waals surface area contributed by atoms with Gasteiger partial charge in [0.25, 0.3) is 0 Å². The Kier molecular flexibility index (Phi) is 6.34. The fourth-order valence-electron chi connectivity index (χ4n) is 6.93. The van der Waals surface area contributed by atoms with E-state index in [0.29, 0.717) is 11.5 Å². The highest BCUT2D eigenvalue weighted by molar-refractivity contribution is 7.15. The minimum absolute atomic E-state index is 0.352. The van der Waals surface area contributed by atoms with Crippen molar-refractivity contribution in [2.75, 3.05) is 11.9 Å². The second-order valence-corrected chi connectivity index (χ2v) is 12.5. The SMILES string of the molecule is Cc1nc(C)c(-c2ccc3c4c(ccc3n2)-c2c(C3CCCCC3)c3ccc(C(=O)O)cc3n2CCCCN4)s1.